The highest BCUT2D eigenvalue weighted by molar-refractivity contribution is 6.08. The molecule has 0 atom stereocenters. The van der Waals surface area contributed by atoms with Gasteiger partial charge in [-0.05, 0) is 99.3 Å². The monoisotopic (exact) mass is 706 g/mol. The summed E-state index contributed by atoms with van der Waals surface area (Å²) in [6, 6.07) is 26.0. The topological polar surface area (TPSA) is 109 Å². The highest BCUT2D eigenvalue weighted by Gasteiger charge is 2.19. The number of nitrogens with one attached hydrogen (secondary N) is 2. The summed E-state index contributed by atoms with van der Waals surface area (Å²) in [5, 5.41) is 5.98. The van der Waals surface area contributed by atoms with Crippen LogP contribution in [0, 0.1) is 13.8 Å². The molecular formula is C42H50N4O6. The number of unbranched alkanes of at least 4 members (excludes halogenated alkanes) is 2. The van der Waals surface area contributed by atoms with Crippen molar-refractivity contribution in [1.82, 2.24) is 9.80 Å². The Morgan fingerprint density at radius 2 is 1.38 bits per heavy atom. The Labute approximate surface area is 307 Å². The highest BCUT2D eigenvalue weighted by Crippen LogP contribution is 2.29. The maximum Gasteiger partial charge on any atom is 0.259 e. The Hall–Kier alpha value is -5.19. The second-order valence-electron chi connectivity index (χ2n) is 13.3. The van der Waals surface area contributed by atoms with Crippen molar-refractivity contribution < 1.29 is 28.6 Å². The molecule has 4 aromatic rings. The first kappa shape index (κ1) is 38.1. The number of aryl methyl sites for hydroxylation is 2. The quantitative estimate of drug-likeness (QED) is 0.118. The summed E-state index contributed by atoms with van der Waals surface area (Å²) in [4.78, 5) is 43.8. The molecule has 1 aliphatic heterocycles. The first-order valence-electron chi connectivity index (χ1n) is 17.9. The molecular weight excluding hydrogens is 656 g/mol. The van der Waals surface area contributed by atoms with Crippen molar-refractivity contribution in [2.24, 2.45) is 0 Å². The van der Waals surface area contributed by atoms with Crippen LogP contribution in [0.25, 0.3) is 0 Å². The van der Waals surface area contributed by atoms with Crippen LogP contribution in [-0.4, -0.2) is 74.5 Å². The summed E-state index contributed by atoms with van der Waals surface area (Å²) in [6.45, 7) is 8.36. The number of hydrogen-bond acceptors (Lipinski definition) is 7. The van der Waals surface area contributed by atoms with E-state index in [-0.39, 0.29) is 24.3 Å². The minimum atomic E-state index is -0.333. The molecule has 274 valence electrons. The fourth-order valence-electron chi connectivity index (χ4n) is 5.99. The number of piperazine rings is 1. The van der Waals surface area contributed by atoms with Crippen molar-refractivity contribution in [2.45, 2.75) is 52.7 Å². The standard InChI is InChI=1S/C42H50N4O6/c1-30-14-17-35(38(25-30)52-28-32-11-7-5-8-12-32)42(49)43-36-19-16-33(27-34(36)29-50-4)41(48)44-37-18-15-31(2)26-39(37)51-24-10-6-9-13-40(47)46-22-20-45(3)21-23-46/h5,7-8,11-12,14-19,25-27H,6,9-10,13,20-24,28-29H2,1-4H3,(H,43,49)(H,44,48). The number of rotatable bonds is 16. The second-order valence-corrected chi connectivity index (χ2v) is 13.3. The molecule has 0 aromatic heterocycles. The molecule has 10 nitrogen and oxygen atoms in total. The van der Waals surface area contributed by atoms with E-state index in [0.717, 1.165) is 62.1 Å². The summed E-state index contributed by atoms with van der Waals surface area (Å²) < 4.78 is 17.6. The molecule has 10 heteroatoms. The van der Waals surface area contributed by atoms with Gasteiger partial charge in [0.2, 0.25) is 5.91 Å². The largest absolute Gasteiger partial charge is 0.491 e. The Bertz CT molecular complexity index is 1820. The lowest BCUT2D eigenvalue weighted by Gasteiger charge is -2.32. The van der Waals surface area contributed by atoms with Gasteiger partial charge in [-0.1, -0.05) is 42.5 Å². The van der Waals surface area contributed by atoms with E-state index in [4.69, 9.17) is 14.2 Å². The Balaban J connectivity index is 1.18. The molecule has 2 N–H and O–H groups in total. The summed E-state index contributed by atoms with van der Waals surface area (Å²) in [6.07, 6.45) is 3.05. The zero-order valence-corrected chi connectivity index (χ0v) is 30.7. The average Bonchev–Trinajstić information content (AvgIpc) is 3.14. The van der Waals surface area contributed by atoms with Crippen molar-refractivity contribution in [3.8, 4) is 11.5 Å². The number of amides is 3. The zero-order chi connectivity index (χ0) is 36.9. The SMILES string of the molecule is COCc1cc(C(=O)Nc2ccc(C)cc2OCCCCCC(=O)N2CCN(C)CC2)ccc1NC(=O)c1ccc(C)cc1OCc1ccccc1. The predicted molar refractivity (Wildman–Crippen MR) is 204 cm³/mol. The van der Waals surface area contributed by atoms with Crippen molar-refractivity contribution in [3.63, 3.8) is 0 Å². The molecule has 3 amide bonds. The van der Waals surface area contributed by atoms with E-state index in [0.29, 0.717) is 59.2 Å². The van der Waals surface area contributed by atoms with Crippen molar-refractivity contribution in [1.29, 1.82) is 0 Å². The third-order valence-electron chi connectivity index (χ3n) is 9.07. The van der Waals surface area contributed by atoms with Crippen LogP contribution in [0.15, 0.2) is 84.9 Å². The smallest absolute Gasteiger partial charge is 0.259 e. The first-order valence-corrected chi connectivity index (χ1v) is 17.9. The van der Waals surface area contributed by atoms with Gasteiger partial charge in [-0.15, -0.1) is 0 Å². The molecule has 0 saturated carbocycles. The van der Waals surface area contributed by atoms with Crippen molar-refractivity contribution >= 4 is 29.1 Å². The maximum absolute atomic E-state index is 13.5. The van der Waals surface area contributed by atoms with E-state index in [1.807, 2.05) is 79.4 Å². The zero-order valence-electron chi connectivity index (χ0n) is 30.7. The predicted octanol–water partition coefficient (Wildman–Crippen LogP) is 7.25. The van der Waals surface area contributed by atoms with Gasteiger partial charge in [0, 0.05) is 56.5 Å². The van der Waals surface area contributed by atoms with Crippen LogP contribution in [0.1, 0.15) is 68.7 Å². The van der Waals surface area contributed by atoms with Gasteiger partial charge in [-0.2, -0.15) is 0 Å². The molecule has 1 fully saturated rings. The molecule has 0 bridgehead atoms. The minimum Gasteiger partial charge on any atom is -0.491 e. The van der Waals surface area contributed by atoms with Crippen LogP contribution >= 0.6 is 0 Å². The lowest BCUT2D eigenvalue weighted by molar-refractivity contribution is -0.132. The number of carbonyl (C=O) groups excluding carboxylic acids is 3. The van der Waals surface area contributed by atoms with E-state index in [9.17, 15) is 14.4 Å². The molecule has 0 unspecified atom stereocenters. The molecule has 0 radical (unpaired) electrons. The van der Waals surface area contributed by atoms with Gasteiger partial charge in [0.15, 0.2) is 0 Å². The molecule has 0 spiro atoms. The number of hydrogen-bond donors (Lipinski definition) is 2. The normalized spacial score (nSPS) is 13.0. The number of anilines is 2. The Morgan fingerprint density at radius 1 is 0.692 bits per heavy atom. The molecule has 1 aliphatic rings. The van der Waals surface area contributed by atoms with E-state index in [1.54, 1.807) is 31.4 Å². The van der Waals surface area contributed by atoms with E-state index >= 15 is 0 Å². The number of nitrogens with zero attached hydrogens (tertiary/aromatic N) is 2. The van der Waals surface area contributed by atoms with Crippen molar-refractivity contribution in [2.75, 3.05) is 57.6 Å². The van der Waals surface area contributed by atoms with Crippen LogP contribution in [-0.2, 0) is 22.7 Å². The fourth-order valence-corrected chi connectivity index (χ4v) is 5.99. The second kappa shape index (κ2) is 18.9. The minimum absolute atomic E-state index is 0.182. The molecule has 5 rings (SSSR count). The van der Waals surface area contributed by atoms with E-state index < -0.39 is 0 Å². The molecule has 1 saturated heterocycles. The molecule has 52 heavy (non-hydrogen) atoms. The van der Waals surface area contributed by atoms with Crippen molar-refractivity contribution in [3.05, 3.63) is 118 Å². The third kappa shape index (κ3) is 10.9. The molecule has 0 aliphatic carbocycles. The number of ether oxygens (including phenoxy) is 3. The van der Waals surface area contributed by atoms with Crippen LogP contribution in [0.3, 0.4) is 0 Å². The van der Waals surface area contributed by atoms with Gasteiger partial charge in [0.1, 0.15) is 18.1 Å². The number of likely N-dealkylation sites (N-methyl/N-ethyl adjacent to an activating group) is 1. The summed E-state index contributed by atoms with van der Waals surface area (Å²) in [5.74, 6) is 0.651. The van der Waals surface area contributed by atoms with E-state index in [2.05, 4.69) is 22.6 Å². The molecule has 1 heterocycles. The van der Waals surface area contributed by atoms with Gasteiger partial charge in [0.25, 0.3) is 11.8 Å². The summed E-state index contributed by atoms with van der Waals surface area (Å²) in [5.41, 5.74) is 5.53. The van der Waals surface area contributed by atoms with Crippen LogP contribution in [0.4, 0.5) is 11.4 Å². The third-order valence-corrected chi connectivity index (χ3v) is 9.07. The van der Waals surface area contributed by atoms with Gasteiger partial charge in [-0.25, -0.2) is 0 Å². The lowest BCUT2D eigenvalue weighted by Crippen LogP contribution is -2.47. The number of benzene rings is 4. The fraction of sp³-hybridized carbons (Fsp3) is 0.357. The Morgan fingerprint density at radius 3 is 2.13 bits per heavy atom. The van der Waals surface area contributed by atoms with E-state index in [1.165, 1.54) is 0 Å². The first-order chi connectivity index (χ1) is 25.2. The molecule has 4 aromatic carbocycles. The van der Waals surface area contributed by atoms with Crippen LogP contribution in [0.2, 0.25) is 0 Å². The van der Waals surface area contributed by atoms with Crippen LogP contribution < -0.4 is 20.1 Å². The Kier molecular flexibility index (Phi) is 13.8. The summed E-state index contributed by atoms with van der Waals surface area (Å²) in [7, 11) is 3.65. The number of methoxy groups -OCH3 is 1. The van der Waals surface area contributed by atoms with Gasteiger partial charge >= 0.3 is 0 Å². The lowest BCUT2D eigenvalue weighted by atomic mass is 10.1. The van der Waals surface area contributed by atoms with Gasteiger partial charge < -0.3 is 34.6 Å². The van der Waals surface area contributed by atoms with Gasteiger partial charge in [-0.3, -0.25) is 14.4 Å². The maximum atomic E-state index is 13.5. The summed E-state index contributed by atoms with van der Waals surface area (Å²) >= 11 is 0. The average molecular weight is 707 g/mol. The number of carbonyl (C=O) groups is 3. The highest BCUT2D eigenvalue weighted by atomic mass is 16.5. The van der Waals surface area contributed by atoms with Gasteiger partial charge in [0.05, 0.1) is 24.5 Å². The van der Waals surface area contributed by atoms with Crippen LogP contribution in [0.5, 0.6) is 11.5 Å².